The van der Waals surface area contributed by atoms with Gasteiger partial charge in [0.05, 0.1) is 5.69 Å². The largest absolute Gasteiger partial charge is 0.313 e. The first-order chi connectivity index (χ1) is 12.0. The van der Waals surface area contributed by atoms with Gasteiger partial charge in [0.1, 0.15) is 11.4 Å². The number of Topliss-reactive ketones (excluding diaryl/α,β-unsaturated/α-hetero) is 1. The van der Waals surface area contributed by atoms with Crippen molar-refractivity contribution in [3.05, 3.63) is 53.9 Å². The summed E-state index contributed by atoms with van der Waals surface area (Å²) in [6.07, 6.45) is 4.66. The number of hydrogen-bond donors (Lipinski definition) is 1. The van der Waals surface area contributed by atoms with Gasteiger partial charge in [0.15, 0.2) is 11.6 Å². The molecule has 5 nitrogen and oxygen atoms in total. The maximum absolute atomic E-state index is 14.3. The molecule has 0 saturated carbocycles. The summed E-state index contributed by atoms with van der Waals surface area (Å²) in [4.78, 5) is 28.0. The number of rotatable bonds is 2. The summed E-state index contributed by atoms with van der Waals surface area (Å²) in [6, 6.07) is 6.96. The molecule has 0 aliphatic heterocycles. The zero-order chi connectivity index (χ0) is 17.6. The third-order valence-electron chi connectivity index (χ3n) is 4.66. The van der Waals surface area contributed by atoms with Gasteiger partial charge in [-0.15, -0.1) is 0 Å². The number of H-pyrrole nitrogens is 1. The smallest absolute Gasteiger partial charge is 0.219 e. The Morgan fingerprint density at radius 2 is 2.04 bits per heavy atom. The van der Waals surface area contributed by atoms with Gasteiger partial charge in [0.25, 0.3) is 0 Å². The molecule has 0 saturated heterocycles. The molecule has 3 aromatic heterocycles. The van der Waals surface area contributed by atoms with E-state index in [1.807, 2.05) is 13.8 Å². The molecule has 0 spiro atoms. The predicted octanol–water partition coefficient (Wildman–Crippen LogP) is 3.83. The number of imidazole rings is 1. The number of aromatic amines is 1. The molecule has 0 atom stereocenters. The Morgan fingerprint density at radius 1 is 1.20 bits per heavy atom. The van der Waals surface area contributed by atoms with E-state index >= 15 is 0 Å². The number of nitrogens with zero attached hydrogens (tertiary/aromatic N) is 3. The van der Waals surface area contributed by atoms with Crippen molar-refractivity contribution in [2.75, 3.05) is 0 Å². The van der Waals surface area contributed by atoms with Gasteiger partial charge in [-0.1, -0.05) is 13.8 Å². The van der Waals surface area contributed by atoms with E-state index in [-0.39, 0.29) is 16.9 Å². The molecule has 126 valence electrons. The summed E-state index contributed by atoms with van der Waals surface area (Å²) in [5, 5.41) is 0. The first-order valence-electron chi connectivity index (χ1n) is 8.17. The topological polar surface area (TPSA) is 71.5 Å². The van der Waals surface area contributed by atoms with Crippen LogP contribution >= 0.6 is 0 Å². The van der Waals surface area contributed by atoms with E-state index in [0.717, 1.165) is 18.5 Å². The van der Waals surface area contributed by atoms with Gasteiger partial charge in [0.2, 0.25) is 5.95 Å². The van der Waals surface area contributed by atoms with Gasteiger partial charge in [-0.25, -0.2) is 9.97 Å². The second kappa shape index (κ2) is 5.58. The van der Waals surface area contributed by atoms with Crippen LogP contribution in [0.15, 0.2) is 36.7 Å². The molecular weight excluding hydrogens is 319 g/mol. The number of aromatic nitrogens is 4. The summed E-state index contributed by atoms with van der Waals surface area (Å²) < 4.78 is 14.3. The number of ketones is 1. The number of fused-ring (bicyclic) bond motifs is 1. The summed E-state index contributed by atoms with van der Waals surface area (Å²) in [5.41, 5.74) is 2.37. The van der Waals surface area contributed by atoms with Crippen LogP contribution in [0, 0.1) is 11.4 Å². The predicted molar refractivity (Wildman–Crippen MR) is 91.4 cm³/mol. The molecule has 0 bridgehead atoms. The molecule has 4 rings (SSSR count). The summed E-state index contributed by atoms with van der Waals surface area (Å²) >= 11 is 0. The van der Waals surface area contributed by atoms with Crippen molar-refractivity contribution < 1.29 is 9.18 Å². The standard InChI is InChI=1S/C19H17FN4O/c1-19(2)8-7-13-12(16(19)25)5-6-14(22-13)18-23-15(17(20)24-18)11-4-3-9-21-10-11/h3-6,9-10H,7-8H2,1-2H3,(H,23,24). The van der Waals surface area contributed by atoms with Crippen LogP contribution in [0.5, 0.6) is 0 Å². The van der Waals surface area contributed by atoms with E-state index in [1.54, 1.807) is 36.7 Å². The van der Waals surface area contributed by atoms with Crippen molar-refractivity contribution in [2.24, 2.45) is 5.41 Å². The van der Waals surface area contributed by atoms with Crippen LogP contribution < -0.4 is 0 Å². The number of halogens is 1. The molecule has 1 aliphatic carbocycles. The fourth-order valence-electron chi connectivity index (χ4n) is 3.11. The van der Waals surface area contributed by atoms with Gasteiger partial charge in [0, 0.05) is 28.9 Å². The monoisotopic (exact) mass is 336 g/mol. The van der Waals surface area contributed by atoms with Gasteiger partial charge < -0.3 is 4.98 Å². The molecule has 3 aromatic rings. The Balaban J connectivity index is 1.74. The molecule has 3 heterocycles. The van der Waals surface area contributed by atoms with Crippen molar-refractivity contribution >= 4 is 5.78 Å². The zero-order valence-corrected chi connectivity index (χ0v) is 14.0. The second-order valence-electron chi connectivity index (χ2n) is 6.89. The van der Waals surface area contributed by atoms with Crippen LogP contribution in [0.4, 0.5) is 4.39 Å². The summed E-state index contributed by atoms with van der Waals surface area (Å²) in [5.74, 6) is -0.0781. The molecule has 1 aliphatic rings. The van der Waals surface area contributed by atoms with Crippen LogP contribution in [0.3, 0.4) is 0 Å². The Bertz CT molecular complexity index is 963. The normalized spacial score (nSPS) is 15.9. The minimum atomic E-state index is -0.528. The van der Waals surface area contributed by atoms with E-state index in [0.29, 0.717) is 22.6 Å². The minimum Gasteiger partial charge on any atom is -0.313 e. The fraction of sp³-hybridized carbons (Fsp3) is 0.263. The van der Waals surface area contributed by atoms with Gasteiger partial charge >= 0.3 is 0 Å². The van der Waals surface area contributed by atoms with Gasteiger partial charge in [-0.05, 0) is 37.1 Å². The molecule has 1 N–H and O–H groups in total. The maximum Gasteiger partial charge on any atom is 0.219 e. The average Bonchev–Trinajstić information content (AvgIpc) is 3.01. The highest BCUT2D eigenvalue weighted by Gasteiger charge is 2.35. The minimum absolute atomic E-state index is 0.106. The lowest BCUT2D eigenvalue weighted by molar-refractivity contribution is 0.0809. The first-order valence-corrected chi connectivity index (χ1v) is 8.17. The molecule has 6 heteroatoms. The SMILES string of the molecule is CC1(C)CCc2nc(-c3nc(-c4cccnc4)c(F)[nH]3)ccc2C1=O. The number of aryl methyl sites for hydroxylation is 1. The molecule has 0 amide bonds. The lowest BCUT2D eigenvalue weighted by Gasteiger charge is -2.28. The van der Waals surface area contributed by atoms with E-state index in [9.17, 15) is 9.18 Å². The van der Waals surface area contributed by atoms with E-state index in [4.69, 9.17) is 0 Å². The molecule has 25 heavy (non-hydrogen) atoms. The Hall–Kier alpha value is -2.89. The summed E-state index contributed by atoms with van der Waals surface area (Å²) in [7, 11) is 0. The highest BCUT2D eigenvalue weighted by Crippen LogP contribution is 2.35. The Labute approximate surface area is 144 Å². The van der Waals surface area contributed by atoms with E-state index < -0.39 is 5.95 Å². The van der Waals surface area contributed by atoms with Crippen molar-refractivity contribution in [2.45, 2.75) is 26.7 Å². The fourth-order valence-corrected chi connectivity index (χ4v) is 3.11. The van der Waals surface area contributed by atoms with Crippen LogP contribution in [0.2, 0.25) is 0 Å². The Kier molecular flexibility index (Phi) is 3.49. The third-order valence-corrected chi connectivity index (χ3v) is 4.66. The van der Waals surface area contributed by atoms with Gasteiger partial charge in [-0.2, -0.15) is 4.39 Å². The van der Waals surface area contributed by atoms with Crippen LogP contribution in [-0.2, 0) is 6.42 Å². The summed E-state index contributed by atoms with van der Waals surface area (Å²) in [6.45, 7) is 3.91. The number of nitrogens with one attached hydrogen (secondary N) is 1. The second-order valence-corrected chi connectivity index (χ2v) is 6.89. The van der Waals surface area contributed by atoms with Crippen molar-refractivity contribution in [3.8, 4) is 22.8 Å². The first kappa shape index (κ1) is 15.6. The zero-order valence-electron chi connectivity index (χ0n) is 14.0. The highest BCUT2D eigenvalue weighted by molar-refractivity contribution is 6.02. The van der Waals surface area contributed by atoms with Crippen LogP contribution in [-0.4, -0.2) is 25.7 Å². The van der Waals surface area contributed by atoms with Crippen molar-refractivity contribution in [3.63, 3.8) is 0 Å². The molecule has 0 radical (unpaired) electrons. The third kappa shape index (κ3) is 2.63. The molecular formula is C19H17FN4O. The van der Waals surface area contributed by atoms with Crippen LogP contribution in [0.1, 0.15) is 36.3 Å². The van der Waals surface area contributed by atoms with Crippen molar-refractivity contribution in [1.29, 1.82) is 0 Å². The van der Waals surface area contributed by atoms with E-state index in [1.165, 1.54) is 0 Å². The number of carbonyl (C=O) groups is 1. The lowest BCUT2D eigenvalue weighted by atomic mass is 9.75. The van der Waals surface area contributed by atoms with Crippen molar-refractivity contribution in [1.82, 2.24) is 19.9 Å². The molecule has 0 fully saturated rings. The molecule has 0 aromatic carbocycles. The number of hydrogen-bond acceptors (Lipinski definition) is 4. The molecule has 0 unspecified atom stereocenters. The highest BCUT2D eigenvalue weighted by atomic mass is 19.1. The van der Waals surface area contributed by atoms with Crippen LogP contribution in [0.25, 0.3) is 22.8 Å². The van der Waals surface area contributed by atoms with E-state index in [2.05, 4.69) is 19.9 Å². The number of pyridine rings is 2. The average molecular weight is 336 g/mol. The maximum atomic E-state index is 14.3. The lowest BCUT2D eigenvalue weighted by Crippen LogP contribution is -2.31. The quantitative estimate of drug-likeness (QED) is 0.772. The number of carbonyl (C=O) groups excluding carboxylic acids is 1. The van der Waals surface area contributed by atoms with Gasteiger partial charge in [-0.3, -0.25) is 9.78 Å². The Morgan fingerprint density at radius 3 is 2.80 bits per heavy atom.